The van der Waals surface area contributed by atoms with Gasteiger partial charge in [0.25, 0.3) is 11.8 Å². The smallest absolute Gasteiger partial charge is 0.257 e. The Bertz CT molecular complexity index is 1510. The summed E-state index contributed by atoms with van der Waals surface area (Å²) in [6, 6.07) is 27.8. The lowest BCUT2D eigenvalue weighted by Gasteiger charge is -2.16. The third kappa shape index (κ3) is 8.98. The number of hydrogen-bond acceptors (Lipinski definition) is 4. The molecule has 0 heterocycles. The molecule has 0 bridgehead atoms. The Balaban J connectivity index is 1.61. The summed E-state index contributed by atoms with van der Waals surface area (Å²) in [5, 5.41) is 6.77. The Morgan fingerprint density at radius 3 is 1.95 bits per heavy atom. The first kappa shape index (κ1) is 31.4. The fourth-order valence-electron chi connectivity index (χ4n) is 4.01. The van der Waals surface area contributed by atoms with Crippen molar-refractivity contribution in [3.05, 3.63) is 132 Å². The molecule has 0 aliphatic heterocycles. The molecular weight excluding hydrogens is 686 g/mol. The van der Waals surface area contributed by atoms with Gasteiger partial charge in [-0.05, 0) is 76.5 Å². The predicted molar refractivity (Wildman–Crippen MR) is 176 cm³/mol. The molecule has 0 spiro atoms. The maximum Gasteiger partial charge on any atom is 0.257 e. The number of halogens is 3. The van der Waals surface area contributed by atoms with Crippen molar-refractivity contribution < 1.29 is 19.1 Å². The molecule has 42 heavy (non-hydrogen) atoms. The summed E-state index contributed by atoms with van der Waals surface area (Å²) in [4.78, 5) is 26.7. The van der Waals surface area contributed by atoms with Crippen molar-refractivity contribution in [2.24, 2.45) is 0 Å². The molecule has 0 saturated carbocycles. The maximum atomic E-state index is 13.3. The van der Waals surface area contributed by atoms with Crippen LogP contribution < -0.4 is 20.1 Å². The number of hydrogen-bond donors (Lipinski definition) is 2. The second-order valence-corrected chi connectivity index (χ2v) is 11.2. The van der Waals surface area contributed by atoms with Crippen molar-refractivity contribution in [2.45, 2.75) is 26.6 Å². The Morgan fingerprint density at radius 1 is 0.810 bits per heavy atom. The normalized spacial score (nSPS) is 10.5. The summed E-state index contributed by atoms with van der Waals surface area (Å²) in [5.41, 5.74) is 3.20. The zero-order chi connectivity index (χ0) is 29.9. The zero-order valence-corrected chi connectivity index (χ0v) is 26.5. The lowest BCUT2D eigenvalue weighted by atomic mass is 10.1. The third-order valence-corrected chi connectivity index (χ3v) is 7.50. The van der Waals surface area contributed by atoms with E-state index in [1.54, 1.807) is 24.3 Å². The average Bonchev–Trinajstić information content (AvgIpc) is 2.99. The van der Waals surface area contributed by atoms with Gasteiger partial charge in [-0.25, -0.2) is 0 Å². The first-order valence-corrected chi connectivity index (χ1v) is 15.1. The van der Waals surface area contributed by atoms with Crippen molar-refractivity contribution in [1.82, 2.24) is 10.6 Å². The Morgan fingerprint density at radius 2 is 1.40 bits per heavy atom. The van der Waals surface area contributed by atoms with Crippen LogP contribution in [0, 0.1) is 3.57 Å². The van der Waals surface area contributed by atoms with Crippen LogP contribution in [-0.2, 0) is 29.3 Å². The van der Waals surface area contributed by atoms with Gasteiger partial charge in [0, 0.05) is 28.7 Å². The van der Waals surface area contributed by atoms with Gasteiger partial charge in [-0.2, -0.15) is 0 Å². The molecule has 0 saturated heterocycles. The lowest BCUT2D eigenvalue weighted by molar-refractivity contribution is -0.123. The van der Waals surface area contributed by atoms with Crippen molar-refractivity contribution >= 4 is 63.7 Å². The lowest BCUT2D eigenvalue weighted by Crippen LogP contribution is -2.34. The van der Waals surface area contributed by atoms with Gasteiger partial charge in [0.05, 0.1) is 10.2 Å². The van der Waals surface area contributed by atoms with E-state index in [4.69, 9.17) is 32.7 Å². The molecule has 0 aliphatic carbocycles. The Kier molecular flexibility index (Phi) is 11.7. The highest BCUT2D eigenvalue weighted by molar-refractivity contribution is 14.1. The molecule has 0 aromatic heterocycles. The summed E-state index contributed by atoms with van der Waals surface area (Å²) in [7, 11) is 0. The van der Waals surface area contributed by atoms with Gasteiger partial charge in [0.1, 0.15) is 12.2 Å². The molecule has 9 heteroatoms. The van der Waals surface area contributed by atoms with Crippen LogP contribution in [0.4, 0.5) is 0 Å². The number of rotatable bonds is 12. The molecule has 0 atom stereocenters. The molecule has 0 radical (unpaired) electrons. The Labute approximate surface area is 269 Å². The first-order valence-electron chi connectivity index (χ1n) is 13.2. The van der Waals surface area contributed by atoms with E-state index < -0.39 is 11.8 Å². The van der Waals surface area contributed by atoms with Crippen LogP contribution in [0.25, 0.3) is 6.08 Å². The van der Waals surface area contributed by atoms with E-state index in [9.17, 15) is 9.59 Å². The zero-order valence-electron chi connectivity index (χ0n) is 22.8. The van der Waals surface area contributed by atoms with Crippen LogP contribution in [0.5, 0.6) is 11.5 Å². The molecule has 4 rings (SSSR count). The number of amides is 2. The van der Waals surface area contributed by atoms with Gasteiger partial charge in [-0.15, -0.1) is 0 Å². The van der Waals surface area contributed by atoms with E-state index in [1.807, 2.05) is 79.7 Å². The largest absolute Gasteiger partial charge is 0.490 e. The summed E-state index contributed by atoms with van der Waals surface area (Å²) in [6.45, 7) is 3.03. The van der Waals surface area contributed by atoms with Gasteiger partial charge < -0.3 is 20.1 Å². The summed E-state index contributed by atoms with van der Waals surface area (Å²) < 4.78 is 12.8. The van der Waals surface area contributed by atoms with Gasteiger partial charge >= 0.3 is 0 Å². The second-order valence-electron chi connectivity index (χ2n) is 9.18. The average molecular weight is 715 g/mol. The number of ether oxygens (including phenoxy) is 2. The third-order valence-electron chi connectivity index (χ3n) is 6.11. The maximum absolute atomic E-state index is 13.3. The summed E-state index contributed by atoms with van der Waals surface area (Å²) in [5.74, 6) is 0.0314. The van der Waals surface area contributed by atoms with E-state index in [1.165, 1.54) is 0 Å². The highest BCUT2D eigenvalue weighted by Crippen LogP contribution is 2.36. The molecule has 4 aromatic rings. The van der Waals surface area contributed by atoms with E-state index in [-0.39, 0.29) is 25.3 Å². The topological polar surface area (TPSA) is 76.7 Å². The number of carbonyl (C=O) groups is 2. The Hall–Kier alpha value is -3.53. The van der Waals surface area contributed by atoms with Gasteiger partial charge in [0.2, 0.25) is 0 Å². The first-order chi connectivity index (χ1) is 20.3. The van der Waals surface area contributed by atoms with Crippen molar-refractivity contribution in [3.63, 3.8) is 0 Å². The van der Waals surface area contributed by atoms with Crippen LogP contribution in [-0.4, -0.2) is 18.4 Å². The molecule has 2 N–H and O–H groups in total. The minimum Gasteiger partial charge on any atom is -0.490 e. The molecule has 0 aliphatic rings. The van der Waals surface area contributed by atoms with Crippen molar-refractivity contribution in [1.29, 1.82) is 0 Å². The molecule has 0 unspecified atom stereocenters. The fourth-order valence-corrected chi connectivity index (χ4v) is 5.25. The summed E-state index contributed by atoms with van der Waals surface area (Å²) in [6.07, 6.45) is 1.56. The minimum absolute atomic E-state index is 0.0262. The van der Waals surface area contributed by atoms with Gasteiger partial charge in [0.15, 0.2) is 11.5 Å². The highest BCUT2D eigenvalue weighted by atomic mass is 127. The standard InChI is InChI=1S/C33H29Cl2IN2O4/c1-2-41-30-17-24(16-29(36)31(30)42-21-25-13-14-26(34)18-28(25)35)15-27(32(39)37-19-22-9-5-3-6-10-22)33(40)38-20-23-11-7-4-8-12-23/h3-18H,2,19-21H2,1H3,(H,37,39)(H,38,40). The second kappa shape index (κ2) is 15.6. The van der Waals surface area contributed by atoms with Gasteiger partial charge in [-0.3, -0.25) is 9.59 Å². The van der Waals surface area contributed by atoms with Crippen LogP contribution in [0.2, 0.25) is 10.0 Å². The predicted octanol–water partition coefficient (Wildman–Crippen LogP) is 7.59. The monoisotopic (exact) mass is 714 g/mol. The van der Waals surface area contributed by atoms with E-state index in [2.05, 4.69) is 33.2 Å². The molecule has 0 fully saturated rings. The molecule has 4 aromatic carbocycles. The van der Waals surface area contributed by atoms with Crippen LogP contribution in [0.15, 0.2) is 96.6 Å². The minimum atomic E-state index is -0.491. The van der Waals surface area contributed by atoms with Gasteiger partial charge in [-0.1, -0.05) is 89.9 Å². The fraction of sp³-hybridized carbons (Fsp3) is 0.152. The van der Waals surface area contributed by atoms with E-state index >= 15 is 0 Å². The number of carbonyl (C=O) groups excluding carboxylic acids is 2. The molecule has 2 amide bonds. The SMILES string of the molecule is CCOc1cc(C=C(C(=O)NCc2ccccc2)C(=O)NCc2ccccc2)cc(I)c1OCc1ccc(Cl)cc1Cl. The van der Waals surface area contributed by atoms with Crippen molar-refractivity contribution in [3.8, 4) is 11.5 Å². The molecule has 216 valence electrons. The number of benzene rings is 4. The van der Waals surface area contributed by atoms with Crippen LogP contribution in [0.3, 0.4) is 0 Å². The van der Waals surface area contributed by atoms with Crippen molar-refractivity contribution in [2.75, 3.05) is 6.61 Å². The van der Waals surface area contributed by atoms with Crippen LogP contribution in [0.1, 0.15) is 29.2 Å². The van der Waals surface area contributed by atoms with Crippen LogP contribution >= 0.6 is 45.8 Å². The quantitative estimate of drug-likeness (QED) is 0.0687. The molecule has 6 nitrogen and oxygen atoms in total. The van der Waals surface area contributed by atoms with E-state index in [0.717, 1.165) is 20.3 Å². The highest BCUT2D eigenvalue weighted by Gasteiger charge is 2.20. The number of nitrogens with one attached hydrogen (secondary N) is 2. The summed E-state index contributed by atoms with van der Waals surface area (Å²) >= 11 is 14.5. The van der Waals surface area contributed by atoms with E-state index in [0.29, 0.717) is 33.7 Å². The molecular formula is C33H29Cl2IN2O4.